The molecule has 0 aromatic heterocycles. The van der Waals surface area contributed by atoms with Crippen LogP contribution in [0.3, 0.4) is 0 Å². The topological polar surface area (TPSA) is 80.5 Å². The third-order valence-electron chi connectivity index (χ3n) is 3.71. The molecule has 1 aliphatic heterocycles. The molecule has 3 rings (SSSR count). The van der Waals surface area contributed by atoms with E-state index in [1.165, 1.54) is 24.0 Å². The first-order valence-electron chi connectivity index (χ1n) is 7.50. The molecule has 1 fully saturated rings. The number of benzene rings is 2. The summed E-state index contributed by atoms with van der Waals surface area (Å²) in [5.74, 6) is -0.391. The van der Waals surface area contributed by atoms with Gasteiger partial charge in [-0.2, -0.15) is 0 Å². The number of non-ortho nitro benzene ring substituents is 1. The minimum absolute atomic E-state index is 0.0178. The number of carbonyl (C=O) groups is 2. The third kappa shape index (κ3) is 3.56. The first kappa shape index (κ1) is 18.0. The van der Waals surface area contributed by atoms with Gasteiger partial charge in [0.15, 0.2) is 10.1 Å². The maximum Gasteiger partial charge on any atom is 0.270 e. The molecule has 0 bridgehead atoms. The highest BCUT2D eigenvalue weighted by Crippen LogP contribution is 2.36. The van der Waals surface area contributed by atoms with Crippen LogP contribution in [0.15, 0.2) is 53.4 Å². The lowest BCUT2D eigenvalue weighted by molar-refractivity contribution is -0.384. The maximum absolute atomic E-state index is 12.7. The summed E-state index contributed by atoms with van der Waals surface area (Å²) in [7, 11) is 0. The highest BCUT2D eigenvalue weighted by Gasteiger charge is 2.33. The van der Waals surface area contributed by atoms with Gasteiger partial charge < -0.3 is 0 Å². The number of ketones is 1. The predicted octanol–water partition coefficient (Wildman–Crippen LogP) is 4.20. The molecule has 1 heterocycles. The van der Waals surface area contributed by atoms with Crippen molar-refractivity contribution >= 4 is 57.4 Å². The van der Waals surface area contributed by atoms with Crippen LogP contribution >= 0.6 is 24.0 Å². The SMILES string of the molecule is CC(=O)c1cccc(N2C(=O)/C(=C/c3ccc([N+](=O)[O-])cc3)SC2=S)c1. The number of amides is 1. The number of Topliss-reactive ketones (excluding diaryl/α,β-unsaturated/α-hetero) is 1. The number of anilines is 1. The molecule has 8 heteroatoms. The summed E-state index contributed by atoms with van der Waals surface area (Å²) in [5.41, 5.74) is 1.67. The van der Waals surface area contributed by atoms with Gasteiger partial charge in [0.2, 0.25) is 0 Å². The Morgan fingerprint density at radius 1 is 1.23 bits per heavy atom. The van der Waals surface area contributed by atoms with Crippen LogP contribution < -0.4 is 4.90 Å². The first-order chi connectivity index (χ1) is 12.4. The van der Waals surface area contributed by atoms with E-state index in [9.17, 15) is 19.7 Å². The molecule has 2 aromatic rings. The molecule has 0 radical (unpaired) electrons. The Labute approximate surface area is 158 Å². The van der Waals surface area contributed by atoms with Crippen molar-refractivity contribution < 1.29 is 14.5 Å². The molecule has 0 saturated carbocycles. The number of nitrogens with zero attached hydrogens (tertiary/aromatic N) is 2. The molecular formula is C18H12N2O4S2. The van der Waals surface area contributed by atoms with Crippen LogP contribution in [0.5, 0.6) is 0 Å². The Morgan fingerprint density at radius 3 is 2.54 bits per heavy atom. The largest absolute Gasteiger partial charge is 0.295 e. The average molecular weight is 384 g/mol. The summed E-state index contributed by atoms with van der Waals surface area (Å²) < 4.78 is 0.365. The number of rotatable bonds is 4. The fourth-order valence-electron chi connectivity index (χ4n) is 2.40. The monoisotopic (exact) mass is 384 g/mol. The zero-order chi connectivity index (χ0) is 18.8. The number of nitro benzene ring substituents is 1. The highest BCUT2D eigenvalue weighted by molar-refractivity contribution is 8.27. The van der Waals surface area contributed by atoms with Gasteiger partial charge in [-0.15, -0.1) is 0 Å². The van der Waals surface area contributed by atoms with E-state index in [1.54, 1.807) is 42.5 Å². The Kier molecular flexibility index (Phi) is 4.97. The lowest BCUT2D eigenvalue weighted by atomic mass is 10.1. The molecule has 1 saturated heterocycles. The zero-order valence-electron chi connectivity index (χ0n) is 13.5. The summed E-state index contributed by atoms with van der Waals surface area (Å²) in [6.07, 6.45) is 1.64. The number of thioether (sulfide) groups is 1. The normalized spacial score (nSPS) is 15.6. The number of nitro groups is 1. The smallest absolute Gasteiger partial charge is 0.270 e. The van der Waals surface area contributed by atoms with Gasteiger partial charge in [0.05, 0.1) is 15.5 Å². The van der Waals surface area contributed by atoms with Crippen LogP contribution in [-0.4, -0.2) is 20.9 Å². The summed E-state index contributed by atoms with van der Waals surface area (Å²) in [4.78, 5) is 36.3. The Hall–Kier alpha value is -2.84. The van der Waals surface area contributed by atoms with Crippen molar-refractivity contribution in [2.45, 2.75) is 6.92 Å². The molecule has 130 valence electrons. The molecule has 2 aromatic carbocycles. The van der Waals surface area contributed by atoms with Crippen LogP contribution in [0.25, 0.3) is 6.08 Å². The van der Waals surface area contributed by atoms with Gasteiger partial charge in [-0.3, -0.25) is 24.6 Å². The Morgan fingerprint density at radius 2 is 1.92 bits per heavy atom. The van der Waals surface area contributed by atoms with Gasteiger partial charge in [-0.1, -0.05) is 36.1 Å². The van der Waals surface area contributed by atoms with Crippen LogP contribution in [0, 0.1) is 10.1 Å². The standard InChI is InChI=1S/C18H12N2O4S2/c1-11(21)13-3-2-4-15(10-13)19-17(22)16(26-18(19)25)9-12-5-7-14(8-6-12)20(23)24/h2-10H,1H3/b16-9-. The molecule has 26 heavy (non-hydrogen) atoms. The predicted molar refractivity (Wildman–Crippen MR) is 105 cm³/mol. The number of carbonyl (C=O) groups excluding carboxylic acids is 2. The van der Waals surface area contributed by atoms with Crippen LogP contribution in [0.2, 0.25) is 0 Å². The van der Waals surface area contributed by atoms with Gasteiger partial charge >= 0.3 is 0 Å². The molecule has 0 spiro atoms. The van der Waals surface area contributed by atoms with Crippen molar-refractivity contribution in [2.75, 3.05) is 4.90 Å². The van der Waals surface area contributed by atoms with Gasteiger partial charge in [0.25, 0.3) is 11.6 Å². The maximum atomic E-state index is 12.7. The lowest BCUT2D eigenvalue weighted by Gasteiger charge is -2.15. The van der Waals surface area contributed by atoms with Gasteiger partial charge in [0, 0.05) is 17.7 Å². The second-order valence-corrected chi connectivity index (χ2v) is 7.15. The minimum Gasteiger partial charge on any atom is -0.295 e. The van der Waals surface area contributed by atoms with Crippen LogP contribution in [0.4, 0.5) is 11.4 Å². The second-order valence-electron chi connectivity index (χ2n) is 5.47. The minimum atomic E-state index is -0.481. The van der Waals surface area contributed by atoms with E-state index in [4.69, 9.17) is 12.2 Å². The highest BCUT2D eigenvalue weighted by atomic mass is 32.2. The van der Waals surface area contributed by atoms with E-state index in [0.717, 1.165) is 11.8 Å². The summed E-state index contributed by atoms with van der Waals surface area (Å²) in [6, 6.07) is 12.6. The van der Waals surface area contributed by atoms with Gasteiger partial charge in [0.1, 0.15) is 0 Å². The average Bonchev–Trinajstić information content (AvgIpc) is 2.89. The Bertz CT molecular complexity index is 967. The first-order valence-corrected chi connectivity index (χ1v) is 8.73. The zero-order valence-corrected chi connectivity index (χ0v) is 15.2. The number of thiocarbonyl (C=S) groups is 1. The molecule has 0 atom stereocenters. The van der Waals surface area contributed by atoms with Gasteiger partial charge in [-0.25, -0.2) is 0 Å². The molecule has 0 N–H and O–H groups in total. The molecular weight excluding hydrogens is 372 g/mol. The van der Waals surface area contributed by atoms with E-state index in [1.807, 2.05) is 0 Å². The second kappa shape index (κ2) is 7.19. The van der Waals surface area contributed by atoms with Crippen LogP contribution in [-0.2, 0) is 4.79 Å². The van der Waals surface area contributed by atoms with E-state index in [-0.39, 0.29) is 17.4 Å². The number of hydrogen-bond acceptors (Lipinski definition) is 6. The van der Waals surface area contributed by atoms with Gasteiger partial charge in [-0.05, 0) is 42.8 Å². The molecule has 0 unspecified atom stereocenters. The van der Waals surface area contributed by atoms with E-state index >= 15 is 0 Å². The summed E-state index contributed by atoms with van der Waals surface area (Å²) >= 11 is 6.46. The van der Waals surface area contributed by atoms with Crippen molar-refractivity contribution in [3.63, 3.8) is 0 Å². The van der Waals surface area contributed by atoms with Crippen LogP contribution in [0.1, 0.15) is 22.8 Å². The fraction of sp³-hybridized carbons (Fsp3) is 0.0556. The Balaban J connectivity index is 1.90. The van der Waals surface area contributed by atoms with Crippen molar-refractivity contribution in [3.05, 3.63) is 74.7 Å². The van der Waals surface area contributed by atoms with E-state index < -0.39 is 4.92 Å². The van der Waals surface area contributed by atoms with E-state index in [2.05, 4.69) is 0 Å². The quantitative estimate of drug-likeness (QED) is 0.258. The molecule has 1 aliphatic rings. The summed E-state index contributed by atoms with van der Waals surface area (Å²) in [5, 5.41) is 10.7. The summed E-state index contributed by atoms with van der Waals surface area (Å²) in [6.45, 7) is 1.46. The van der Waals surface area contributed by atoms with Crippen molar-refractivity contribution in [1.29, 1.82) is 0 Å². The van der Waals surface area contributed by atoms with Crippen molar-refractivity contribution in [3.8, 4) is 0 Å². The van der Waals surface area contributed by atoms with Crippen molar-refractivity contribution in [2.24, 2.45) is 0 Å². The van der Waals surface area contributed by atoms with Crippen molar-refractivity contribution in [1.82, 2.24) is 0 Å². The number of hydrogen-bond donors (Lipinski definition) is 0. The molecule has 0 aliphatic carbocycles. The third-order valence-corrected chi connectivity index (χ3v) is 5.01. The fourth-order valence-corrected chi connectivity index (χ4v) is 3.70. The van der Waals surface area contributed by atoms with E-state index in [0.29, 0.717) is 26.0 Å². The lowest BCUT2D eigenvalue weighted by Crippen LogP contribution is -2.27. The molecule has 6 nitrogen and oxygen atoms in total. The molecule has 1 amide bonds.